The normalized spacial score (nSPS) is 24.2. The lowest BCUT2D eigenvalue weighted by Gasteiger charge is -2.18. The highest BCUT2D eigenvalue weighted by atomic mass is 79.9. The van der Waals surface area contributed by atoms with Crippen LogP contribution >= 0.6 is 31.9 Å². The first-order chi connectivity index (χ1) is 8.08. The summed E-state index contributed by atoms with van der Waals surface area (Å²) in [5.74, 6) is 0.784. The maximum atomic E-state index is 6.06. The van der Waals surface area contributed by atoms with Crippen LogP contribution in [-0.4, -0.2) is 6.04 Å². The van der Waals surface area contributed by atoms with Crippen LogP contribution in [0.25, 0.3) is 0 Å². The number of nitrogens with one attached hydrogen (secondary N) is 1. The number of rotatable bonds is 3. The van der Waals surface area contributed by atoms with Gasteiger partial charge in [-0.3, -0.25) is 0 Å². The molecular weight excluding hydrogens is 344 g/mol. The summed E-state index contributed by atoms with van der Waals surface area (Å²) in [6.07, 6.45) is 3.97. The summed E-state index contributed by atoms with van der Waals surface area (Å²) in [5.41, 5.74) is 8.06. The third kappa shape index (κ3) is 3.24. The molecule has 17 heavy (non-hydrogen) atoms. The first-order valence-corrected chi connectivity index (χ1v) is 7.63. The molecule has 2 nitrogen and oxygen atoms in total. The molecule has 1 saturated carbocycles. The van der Waals surface area contributed by atoms with Crippen molar-refractivity contribution in [3.05, 3.63) is 26.6 Å². The second-order valence-electron chi connectivity index (χ2n) is 4.86. The Balaban J connectivity index is 2.03. The third-order valence-electron chi connectivity index (χ3n) is 3.60. The number of anilines is 1. The number of hydrogen-bond acceptors (Lipinski definition) is 2. The van der Waals surface area contributed by atoms with Crippen LogP contribution in [0.3, 0.4) is 0 Å². The van der Waals surface area contributed by atoms with Crippen molar-refractivity contribution in [1.82, 2.24) is 5.32 Å². The lowest BCUT2D eigenvalue weighted by molar-refractivity contribution is 0.426. The van der Waals surface area contributed by atoms with Crippen molar-refractivity contribution in [2.24, 2.45) is 5.92 Å². The van der Waals surface area contributed by atoms with Gasteiger partial charge in [-0.1, -0.05) is 29.3 Å². The van der Waals surface area contributed by atoms with E-state index < -0.39 is 0 Å². The monoisotopic (exact) mass is 360 g/mol. The Kier molecular flexibility index (Phi) is 4.50. The molecule has 1 fully saturated rings. The molecule has 2 atom stereocenters. The molecular formula is C13H18Br2N2. The molecule has 0 saturated heterocycles. The smallest absolute Gasteiger partial charge is 0.0504 e. The van der Waals surface area contributed by atoms with E-state index in [1.807, 2.05) is 6.07 Å². The number of nitrogens with two attached hydrogens (primary N) is 1. The summed E-state index contributed by atoms with van der Waals surface area (Å²) in [7, 11) is 0. The Morgan fingerprint density at radius 2 is 2.12 bits per heavy atom. The molecule has 3 N–H and O–H groups in total. The minimum atomic E-state index is 0.646. The third-order valence-corrected chi connectivity index (χ3v) is 4.71. The number of benzene rings is 1. The highest BCUT2D eigenvalue weighted by molar-refractivity contribution is 9.11. The second kappa shape index (κ2) is 5.72. The molecule has 0 amide bonds. The van der Waals surface area contributed by atoms with E-state index in [-0.39, 0.29) is 0 Å². The predicted molar refractivity (Wildman–Crippen MR) is 79.9 cm³/mol. The molecule has 0 aromatic heterocycles. The van der Waals surface area contributed by atoms with Crippen LogP contribution in [0.5, 0.6) is 0 Å². The Morgan fingerprint density at radius 3 is 2.76 bits per heavy atom. The first-order valence-electron chi connectivity index (χ1n) is 6.04. The Labute approximate surface area is 120 Å². The van der Waals surface area contributed by atoms with E-state index in [4.69, 9.17) is 5.73 Å². The maximum absolute atomic E-state index is 6.06. The van der Waals surface area contributed by atoms with Crippen molar-refractivity contribution in [3.63, 3.8) is 0 Å². The van der Waals surface area contributed by atoms with Gasteiger partial charge < -0.3 is 11.1 Å². The lowest BCUT2D eigenvalue weighted by Crippen LogP contribution is -2.30. The van der Waals surface area contributed by atoms with Gasteiger partial charge in [0.15, 0.2) is 0 Å². The molecule has 1 aromatic rings. The summed E-state index contributed by atoms with van der Waals surface area (Å²) in [5, 5.41) is 3.62. The molecule has 0 bridgehead atoms. The molecule has 0 heterocycles. The van der Waals surface area contributed by atoms with Crippen molar-refractivity contribution < 1.29 is 0 Å². The van der Waals surface area contributed by atoms with Gasteiger partial charge in [-0.2, -0.15) is 0 Å². The fraction of sp³-hybridized carbons (Fsp3) is 0.538. The zero-order chi connectivity index (χ0) is 12.4. The molecule has 2 rings (SSSR count). The van der Waals surface area contributed by atoms with E-state index in [0.717, 1.165) is 32.7 Å². The SMILES string of the molecule is C[C@H]1CCC[C@@H]1NCc1cc(Br)cc(Br)c1N. The summed E-state index contributed by atoms with van der Waals surface area (Å²) >= 11 is 6.98. The van der Waals surface area contributed by atoms with Gasteiger partial charge in [-0.25, -0.2) is 0 Å². The Bertz CT molecular complexity index is 407. The molecule has 1 aliphatic rings. The molecule has 1 aromatic carbocycles. The van der Waals surface area contributed by atoms with E-state index in [0.29, 0.717) is 6.04 Å². The molecule has 1 aliphatic carbocycles. The second-order valence-corrected chi connectivity index (χ2v) is 6.63. The molecule has 0 unspecified atom stereocenters. The van der Waals surface area contributed by atoms with Crippen LogP contribution in [0.15, 0.2) is 21.1 Å². The average molecular weight is 362 g/mol. The van der Waals surface area contributed by atoms with Gasteiger partial charge in [0.25, 0.3) is 0 Å². The number of hydrogen-bond donors (Lipinski definition) is 2. The molecule has 0 spiro atoms. The van der Waals surface area contributed by atoms with Gasteiger partial charge in [0, 0.05) is 21.5 Å². The lowest BCUT2D eigenvalue weighted by atomic mass is 10.1. The number of halogens is 2. The molecule has 0 radical (unpaired) electrons. The van der Waals surface area contributed by atoms with Crippen molar-refractivity contribution in [2.75, 3.05) is 5.73 Å². The minimum Gasteiger partial charge on any atom is -0.398 e. The van der Waals surface area contributed by atoms with Crippen LogP contribution in [0, 0.1) is 5.92 Å². The minimum absolute atomic E-state index is 0.646. The molecule has 94 valence electrons. The van der Waals surface area contributed by atoms with E-state index in [1.165, 1.54) is 19.3 Å². The topological polar surface area (TPSA) is 38.0 Å². The van der Waals surface area contributed by atoms with Gasteiger partial charge >= 0.3 is 0 Å². The largest absolute Gasteiger partial charge is 0.398 e. The highest BCUT2D eigenvalue weighted by Gasteiger charge is 2.22. The quantitative estimate of drug-likeness (QED) is 0.796. The maximum Gasteiger partial charge on any atom is 0.0504 e. The van der Waals surface area contributed by atoms with Gasteiger partial charge in [-0.05, 0) is 52.4 Å². The molecule has 0 aliphatic heterocycles. The summed E-state index contributed by atoms with van der Waals surface area (Å²) in [6.45, 7) is 3.17. The van der Waals surface area contributed by atoms with Crippen molar-refractivity contribution in [1.29, 1.82) is 0 Å². The summed E-state index contributed by atoms with van der Waals surface area (Å²) in [6, 6.07) is 4.72. The summed E-state index contributed by atoms with van der Waals surface area (Å²) < 4.78 is 2.03. The highest BCUT2D eigenvalue weighted by Crippen LogP contribution is 2.29. The van der Waals surface area contributed by atoms with Crippen LogP contribution in [0.1, 0.15) is 31.7 Å². The first kappa shape index (κ1) is 13.4. The van der Waals surface area contributed by atoms with Crippen molar-refractivity contribution in [3.8, 4) is 0 Å². The van der Waals surface area contributed by atoms with Crippen LogP contribution in [0.4, 0.5) is 5.69 Å². The van der Waals surface area contributed by atoms with E-state index in [9.17, 15) is 0 Å². The summed E-state index contributed by atoms with van der Waals surface area (Å²) in [4.78, 5) is 0. The Morgan fingerprint density at radius 1 is 1.35 bits per heavy atom. The van der Waals surface area contributed by atoms with E-state index >= 15 is 0 Å². The zero-order valence-electron chi connectivity index (χ0n) is 9.97. The average Bonchev–Trinajstić information content (AvgIpc) is 2.67. The van der Waals surface area contributed by atoms with Gasteiger partial charge in [0.2, 0.25) is 0 Å². The van der Waals surface area contributed by atoms with E-state index in [2.05, 4.69) is 50.2 Å². The van der Waals surface area contributed by atoms with Crippen molar-refractivity contribution in [2.45, 2.75) is 38.8 Å². The molecule has 4 heteroatoms. The van der Waals surface area contributed by atoms with Gasteiger partial charge in [0.1, 0.15) is 0 Å². The predicted octanol–water partition coefficient (Wildman–Crippen LogP) is 4.07. The van der Waals surface area contributed by atoms with Gasteiger partial charge in [-0.15, -0.1) is 0 Å². The van der Waals surface area contributed by atoms with Gasteiger partial charge in [0.05, 0.1) is 5.69 Å². The van der Waals surface area contributed by atoms with E-state index in [1.54, 1.807) is 0 Å². The van der Waals surface area contributed by atoms with Crippen LogP contribution in [0.2, 0.25) is 0 Å². The van der Waals surface area contributed by atoms with Crippen molar-refractivity contribution >= 4 is 37.5 Å². The fourth-order valence-corrected chi connectivity index (χ4v) is 3.79. The standard InChI is InChI=1S/C13H18Br2N2/c1-8-3-2-4-12(8)17-7-9-5-10(14)6-11(15)13(9)16/h5-6,8,12,17H,2-4,7,16H2,1H3/t8-,12-/m0/s1. The zero-order valence-corrected chi connectivity index (χ0v) is 13.1. The fourth-order valence-electron chi connectivity index (χ4n) is 2.47. The van der Waals surface area contributed by atoms with Crippen LogP contribution in [-0.2, 0) is 6.54 Å². The Hall–Kier alpha value is -0.0600. The number of nitrogen functional groups attached to an aromatic ring is 1. The van der Waals surface area contributed by atoms with Crippen LogP contribution < -0.4 is 11.1 Å².